The first kappa shape index (κ1) is 20.4. The second kappa shape index (κ2) is 9.30. The monoisotopic (exact) mass is 402 g/mol. The van der Waals surface area contributed by atoms with Crippen LogP contribution in [-0.4, -0.2) is 68.3 Å². The smallest absolute Gasteiger partial charge is 0.232 e. The number of nitrogens with one attached hydrogen (secondary N) is 1. The molecule has 3 aliphatic heterocycles. The Kier molecular flexibility index (Phi) is 6.55. The predicted octanol–water partition coefficient (Wildman–Crippen LogP) is 2.53. The van der Waals surface area contributed by atoms with Crippen LogP contribution < -0.4 is 10.1 Å². The van der Waals surface area contributed by atoms with Crippen LogP contribution in [0.15, 0.2) is 17.3 Å². The molecule has 7 heteroatoms. The second-order valence-electron chi connectivity index (χ2n) is 8.60. The maximum Gasteiger partial charge on any atom is 0.232 e. The number of pyridine rings is 1. The third kappa shape index (κ3) is 4.83. The number of aromatic nitrogens is 1. The van der Waals surface area contributed by atoms with Crippen LogP contribution in [-0.2, 0) is 16.0 Å². The van der Waals surface area contributed by atoms with Crippen LogP contribution in [0.3, 0.4) is 0 Å². The van der Waals surface area contributed by atoms with Crippen LogP contribution in [0.2, 0.25) is 0 Å². The molecule has 3 aliphatic rings. The summed E-state index contributed by atoms with van der Waals surface area (Å²) in [6, 6.07) is 4.07. The van der Waals surface area contributed by atoms with Gasteiger partial charge in [-0.15, -0.1) is 0 Å². The predicted molar refractivity (Wildman–Crippen MR) is 112 cm³/mol. The van der Waals surface area contributed by atoms with Crippen molar-refractivity contribution in [2.75, 3.05) is 46.4 Å². The molecule has 2 fully saturated rings. The molecule has 0 saturated carbocycles. The Balaban J connectivity index is 1.50. The number of piperidine rings is 2. The zero-order valence-electron chi connectivity index (χ0n) is 17.8. The lowest BCUT2D eigenvalue weighted by Crippen LogP contribution is -2.49. The van der Waals surface area contributed by atoms with Crippen LogP contribution in [0, 0.1) is 12.3 Å². The Morgan fingerprint density at radius 1 is 1.21 bits per heavy atom. The second-order valence-corrected chi connectivity index (χ2v) is 8.60. The molecule has 1 N–H and O–H groups in total. The number of likely N-dealkylation sites (tertiary alicyclic amines) is 1. The largest absolute Gasteiger partial charge is 0.481 e. The number of aryl methyl sites for hydroxylation is 1. The molecule has 1 atom stereocenters. The van der Waals surface area contributed by atoms with Gasteiger partial charge in [-0.3, -0.25) is 4.90 Å². The van der Waals surface area contributed by atoms with Crippen LogP contribution in [0.5, 0.6) is 5.88 Å². The maximum atomic E-state index is 6.50. The summed E-state index contributed by atoms with van der Waals surface area (Å²) in [6.45, 7) is 7.76. The van der Waals surface area contributed by atoms with Crippen LogP contribution in [0.4, 0.5) is 0 Å². The van der Waals surface area contributed by atoms with Crippen LogP contribution >= 0.6 is 0 Å². The summed E-state index contributed by atoms with van der Waals surface area (Å²) in [5.41, 5.74) is 2.08. The van der Waals surface area contributed by atoms with Crippen molar-refractivity contribution in [2.24, 2.45) is 10.6 Å². The third-order valence-corrected chi connectivity index (χ3v) is 6.52. The van der Waals surface area contributed by atoms with E-state index in [2.05, 4.69) is 26.4 Å². The summed E-state index contributed by atoms with van der Waals surface area (Å²) in [5, 5.41) is 7.91. The van der Waals surface area contributed by atoms with E-state index in [9.17, 15) is 0 Å². The van der Waals surface area contributed by atoms with Crippen LogP contribution in [0.1, 0.15) is 43.4 Å². The number of rotatable bonds is 6. The molecular formula is C22H34N4O3. The normalized spacial score (nSPS) is 24.9. The highest BCUT2D eigenvalue weighted by Gasteiger charge is 2.42. The first-order valence-electron chi connectivity index (χ1n) is 11.0. The van der Waals surface area contributed by atoms with Crippen molar-refractivity contribution >= 4 is 5.90 Å². The lowest BCUT2D eigenvalue weighted by Gasteiger charge is -2.41. The molecule has 0 aromatic carbocycles. The minimum absolute atomic E-state index is 0.0578. The number of hydrogen-bond donors (Lipinski definition) is 1. The van der Waals surface area contributed by atoms with Gasteiger partial charge in [0.15, 0.2) is 6.61 Å². The molecule has 4 heterocycles. The highest BCUT2D eigenvalue weighted by atomic mass is 16.7. The molecule has 4 rings (SSSR count). The molecule has 1 aromatic rings. The Morgan fingerprint density at radius 3 is 2.72 bits per heavy atom. The average Bonchev–Trinajstić information content (AvgIpc) is 2.77. The molecule has 0 bridgehead atoms. The lowest BCUT2D eigenvalue weighted by atomic mass is 9.73. The van der Waals surface area contributed by atoms with E-state index in [4.69, 9.17) is 14.3 Å². The van der Waals surface area contributed by atoms with Gasteiger partial charge >= 0.3 is 0 Å². The molecule has 2 saturated heterocycles. The summed E-state index contributed by atoms with van der Waals surface area (Å²) in [5.74, 6) is 1.43. The lowest BCUT2D eigenvalue weighted by molar-refractivity contribution is -0.0242. The molecule has 0 amide bonds. The van der Waals surface area contributed by atoms with Gasteiger partial charge in [0.25, 0.3) is 0 Å². The number of ether oxygens (including phenoxy) is 2. The summed E-state index contributed by atoms with van der Waals surface area (Å²) < 4.78 is 11.8. The topological polar surface area (TPSA) is 68.2 Å². The van der Waals surface area contributed by atoms with Gasteiger partial charge in [0.05, 0.1) is 12.5 Å². The van der Waals surface area contributed by atoms with Crippen molar-refractivity contribution in [3.05, 3.63) is 23.4 Å². The molecule has 160 valence electrons. The van der Waals surface area contributed by atoms with E-state index in [1.54, 1.807) is 7.11 Å². The van der Waals surface area contributed by atoms with Crippen molar-refractivity contribution in [1.29, 1.82) is 0 Å². The molecular weight excluding hydrogens is 368 g/mol. The van der Waals surface area contributed by atoms with Gasteiger partial charge in [0.2, 0.25) is 11.8 Å². The van der Waals surface area contributed by atoms with E-state index in [1.165, 1.54) is 24.8 Å². The van der Waals surface area contributed by atoms with Gasteiger partial charge in [-0.2, -0.15) is 0 Å². The highest BCUT2D eigenvalue weighted by molar-refractivity contribution is 5.83. The summed E-state index contributed by atoms with van der Waals surface area (Å²) in [6.07, 6.45) is 6.80. The van der Waals surface area contributed by atoms with E-state index in [0.717, 1.165) is 63.6 Å². The summed E-state index contributed by atoms with van der Waals surface area (Å²) in [7, 11) is 1.65. The first-order chi connectivity index (χ1) is 14.2. The minimum Gasteiger partial charge on any atom is -0.481 e. The molecule has 1 unspecified atom stereocenters. The van der Waals surface area contributed by atoms with Gasteiger partial charge in [0.1, 0.15) is 6.10 Å². The zero-order chi connectivity index (χ0) is 20.1. The summed E-state index contributed by atoms with van der Waals surface area (Å²) >= 11 is 0. The Labute approximate surface area is 173 Å². The van der Waals surface area contributed by atoms with E-state index >= 15 is 0 Å². The third-order valence-electron chi connectivity index (χ3n) is 6.52. The Morgan fingerprint density at radius 2 is 2.00 bits per heavy atom. The summed E-state index contributed by atoms with van der Waals surface area (Å²) in [4.78, 5) is 12.8. The van der Waals surface area contributed by atoms with Crippen molar-refractivity contribution in [3.63, 3.8) is 0 Å². The fourth-order valence-electron chi connectivity index (χ4n) is 4.74. The number of hydrogen-bond acceptors (Lipinski definition) is 7. The first-order valence-corrected chi connectivity index (χ1v) is 11.0. The quantitative estimate of drug-likeness (QED) is 0.789. The van der Waals surface area contributed by atoms with E-state index in [-0.39, 0.29) is 11.5 Å². The highest BCUT2D eigenvalue weighted by Crippen LogP contribution is 2.37. The van der Waals surface area contributed by atoms with E-state index < -0.39 is 0 Å². The van der Waals surface area contributed by atoms with Gasteiger partial charge in [0, 0.05) is 18.3 Å². The van der Waals surface area contributed by atoms with Gasteiger partial charge in [-0.05, 0) is 70.8 Å². The van der Waals surface area contributed by atoms with Gasteiger partial charge in [-0.25, -0.2) is 4.98 Å². The molecule has 29 heavy (non-hydrogen) atoms. The number of nitrogens with zero attached hydrogens (tertiary/aromatic N) is 3. The van der Waals surface area contributed by atoms with Gasteiger partial charge < -0.3 is 19.6 Å². The molecule has 0 aliphatic carbocycles. The van der Waals surface area contributed by atoms with Crippen LogP contribution in [0.25, 0.3) is 0 Å². The van der Waals surface area contributed by atoms with Crippen molar-refractivity contribution in [3.8, 4) is 5.88 Å². The van der Waals surface area contributed by atoms with Crippen molar-refractivity contribution in [2.45, 2.75) is 51.6 Å². The molecule has 7 nitrogen and oxygen atoms in total. The van der Waals surface area contributed by atoms with E-state index in [0.29, 0.717) is 12.5 Å². The standard InChI is InChI=1S/C22H34N4O3/c1-17-18(6-7-20(24-17)27-2)14-22(8-10-23-11-9-22)21-25-28-16-19(29-21)15-26-12-4-3-5-13-26/h6-7,19,23H,3-5,8-16H2,1-2H3. The molecule has 1 aromatic heterocycles. The minimum atomic E-state index is -0.146. The maximum absolute atomic E-state index is 6.50. The number of oxime groups is 1. The SMILES string of the molecule is COc1ccc(CC2(C3=NOCC(CN4CCCCC4)O3)CCNCC2)c(C)n1. The van der Waals surface area contributed by atoms with Crippen molar-refractivity contribution < 1.29 is 14.3 Å². The average molecular weight is 403 g/mol. The number of methoxy groups -OCH3 is 1. The molecule has 0 radical (unpaired) electrons. The Hall–Kier alpha value is -1.86. The fourth-order valence-corrected chi connectivity index (χ4v) is 4.74. The van der Waals surface area contributed by atoms with Gasteiger partial charge in [-0.1, -0.05) is 17.6 Å². The zero-order valence-corrected chi connectivity index (χ0v) is 17.8. The van der Waals surface area contributed by atoms with E-state index in [1.807, 2.05) is 13.0 Å². The molecule has 0 spiro atoms. The Bertz CT molecular complexity index is 712. The fraction of sp³-hybridized carbons (Fsp3) is 0.727. The van der Waals surface area contributed by atoms with Crippen molar-refractivity contribution in [1.82, 2.24) is 15.2 Å².